The standard InChI is InChI=1S/C18H24N4O2/c1-18(2,3)24-17(23)21-12-10-20(11-13-21)15-4-6-16(7-5-15)22-9-8-19-14-22/h4-9,14H,10-13H2,1-3H3. The molecule has 128 valence electrons. The number of carbonyl (C=O) groups excluding carboxylic acids is 1. The lowest BCUT2D eigenvalue weighted by atomic mass is 10.2. The smallest absolute Gasteiger partial charge is 0.410 e. The lowest BCUT2D eigenvalue weighted by molar-refractivity contribution is 0.0240. The van der Waals surface area contributed by atoms with E-state index in [9.17, 15) is 4.79 Å². The van der Waals surface area contributed by atoms with E-state index in [-0.39, 0.29) is 6.09 Å². The molecule has 0 spiro atoms. The maximum Gasteiger partial charge on any atom is 0.410 e. The van der Waals surface area contributed by atoms with Crippen molar-refractivity contribution in [1.82, 2.24) is 14.5 Å². The summed E-state index contributed by atoms with van der Waals surface area (Å²) in [7, 11) is 0. The first-order valence-corrected chi connectivity index (χ1v) is 8.24. The molecule has 1 saturated heterocycles. The monoisotopic (exact) mass is 328 g/mol. The second-order valence-corrected chi connectivity index (χ2v) is 6.94. The van der Waals surface area contributed by atoms with Gasteiger partial charge < -0.3 is 19.1 Å². The van der Waals surface area contributed by atoms with Crippen molar-refractivity contribution in [2.24, 2.45) is 0 Å². The van der Waals surface area contributed by atoms with E-state index in [0.717, 1.165) is 18.8 Å². The maximum absolute atomic E-state index is 12.1. The van der Waals surface area contributed by atoms with Gasteiger partial charge in [0.05, 0.1) is 6.33 Å². The van der Waals surface area contributed by atoms with Crippen LogP contribution in [0.25, 0.3) is 5.69 Å². The molecule has 2 heterocycles. The molecule has 1 amide bonds. The largest absolute Gasteiger partial charge is 0.444 e. The molecule has 0 aliphatic carbocycles. The van der Waals surface area contributed by atoms with Crippen LogP contribution in [0.1, 0.15) is 20.8 Å². The minimum absolute atomic E-state index is 0.224. The number of nitrogens with zero attached hydrogens (tertiary/aromatic N) is 4. The van der Waals surface area contributed by atoms with E-state index >= 15 is 0 Å². The van der Waals surface area contributed by atoms with Crippen molar-refractivity contribution >= 4 is 11.8 Å². The molecule has 6 heteroatoms. The number of anilines is 1. The van der Waals surface area contributed by atoms with Crippen molar-refractivity contribution in [3.05, 3.63) is 43.0 Å². The Morgan fingerprint density at radius 1 is 1.04 bits per heavy atom. The molecule has 0 unspecified atom stereocenters. The number of rotatable bonds is 2. The fourth-order valence-electron chi connectivity index (χ4n) is 2.72. The summed E-state index contributed by atoms with van der Waals surface area (Å²) in [5.74, 6) is 0. The number of carbonyl (C=O) groups is 1. The van der Waals surface area contributed by atoms with Crippen LogP contribution in [0.2, 0.25) is 0 Å². The first-order valence-electron chi connectivity index (χ1n) is 8.24. The average molecular weight is 328 g/mol. The van der Waals surface area contributed by atoms with Crippen LogP contribution in [0.3, 0.4) is 0 Å². The van der Waals surface area contributed by atoms with Gasteiger partial charge in [-0.3, -0.25) is 0 Å². The molecule has 1 aromatic heterocycles. The van der Waals surface area contributed by atoms with Crippen molar-refractivity contribution in [1.29, 1.82) is 0 Å². The molecule has 0 radical (unpaired) electrons. The van der Waals surface area contributed by atoms with Gasteiger partial charge in [0, 0.05) is 49.9 Å². The van der Waals surface area contributed by atoms with E-state index in [0.29, 0.717) is 13.1 Å². The van der Waals surface area contributed by atoms with Gasteiger partial charge in [0.25, 0.3) is 0 Å². The normalized spacial score (nSPS) is 15.5. The molecule has 3 rings (SSSR count). The third-order valence-corrected chi connectivity index (χ3v) is 3.95. The van der Waals surface area contributed by atoms with Crippen molar-refractivity contribution in [3.8, 4) is 5.69 Å². The molecule has 1 aliphatic rings. The molecule has 0 saturated carbocycles. The highest BCUT2D eigenvalue weighted by molar-refractivity contribution is 5.68. The number of aromatic nitrogens is 2. The van der Waals surface area contributed by atoms with Gasteiger partial charge in [0.2, 0.25) is 0 Å². The average Bonchev–Trinajstić information content (AvgIpc) is 3.08. The van der Waals surface area contributed by atoms with Crippen LogP contribution in [0.15, 0.2) is 43.0 Å². The van der Waals surface area contributed by atoms with E-state index < -0.39 is 5.60 Å². The molecular weight excluding hydrogens is 304 g/mol. The lowest BCUT2D eigenvalue weighted by Crippen LogP contribution is -2.50. The molecule has 1 aromatic carbocycles. The molecular formula is C18H24N4O2. The fraction of sp³-hybridized carbons (Fsp3) is 0.444. The molecule has 2 aromatic rings. The van der Waals surface area contributed by atoms with Crippen molar-refractivity contribution in [2.45, 2.75) is 26.4 Å². The topological polar surface area (TPSA) is 50.6 Å². The summed E-state index contributed by atoms with van der Waals surface area (Å²) in [6.45, 7) is 8.65. The summed E-state index contributed by atoms with van der Waals surface area (Å²) in [5.41, 5.74) is 1.81. The number of hydrogen-bond acceptors (Lipinski definition) is 4. The second-order valence-electron chi connectivity index (χ2n) is 6.94. The van der Waals surface area contributed by atoms with Gasteiger partial charge in [-0.1, -0.05) is 0 Å². The molecule has 0 N–H and O–H groups in total. The number of piperazine rings is 1. The van der Waals surface area contributed by atoms with Crippen LogP contribution in [0.4, 0.5) is 10.5 Å². The summed E-state index contributed by atoms with van der Waals surface area (Å²) < 4.78 is 7.41. The summed E-state index contributed by atoms with van der Waals surface area (Å²) in [6.07, 6.45) is 5.25. The zero-order valence-electron chi connectivity index (χ0n) is 14.5. The van der Waals surface area contributed by atoms with Crippen molar-refractivity contribution in [2.75, 3.05) is 31.1 Å². The molecule has 24 heavy (non-hydrogen) atoms. The zero-order chi connectivity index (χ0) is 17.2. The van der Waals surface area contributed by atoms with Crippen LogP contribution < -0.4 is 4.90 Å². The van der Waals surface area contributed by atoms with Gasteiger partial charge in [-0.05, 0) is 45.0 Å². The Balaban J connectivity index is 1.58. The van der Waals surface area contributed by atoms with Crippen LogP contribution >= 0.6 is 0 Å². The van der Waals surface area contributed by atoms with E-state index in [1.165, 1.54) is 5.69 Å². The van der Waals surface area contributed by atoms with Crippen molar-refractivity contribution in [3.63, 3.8) is 0 Å². The van der Waals surface area contributed by atoms with E-state index in [1.807, 2.05) is 31.5 Å². The van der Waals surface area contributed by atoms with Gasteiger partial charge in [-0.2, -0.15) is 0 Å². The minimum atomic E-state index is -0.447. The van der Waals surface area contributed by atoms with Crippen LogP contribution in [0.5, 0.6) is 0 Å². The van der Waals surface area contributed by atoms with E-state index in [4.69, 9.17) is 4.74 Å². The van der Waals surface area contributed by atoms with Gasteiger partial charge in [0.1, 0.15) is 5.60 Å². The molecule has 1 fully saturated rings. The number of ether oxygens (including phenoxy) is 1. The van der Waals surface area contributed by atoms with Gasteiger partial charge in [0.15, 0.2) is 0 Å². The highest BCUT2D eigenvalue weighted by Gasteiger charge is 2.25. The Morgan fingerprint density at radius 2 is 1.67 bits per heavy atom. The maximum atomic E-state index is 12.1. The van der Waals surface area contributed by atoms with Crippen LogP contribution in [-0.2, 0) is 4.74 Å². The predicted molar refractivity (Wildman–Crippen MR) is 93.6 cm³/mol. The third kappa shape index (κ3) is 3.88. The highest BCUT2D eigenvalue weighted by atomic mass is 16.6. The Bertz CT molecular complexity index is 666. The summed E-state index contributed by atoms with van der Waals surface area (Å²) in [4.78, 5) is 20.2. The van der Waals surface area contributed by atoms with Gasteiger partial charge in [-0.15, -0.1) is 0 Å². The number of imidazole rings is 1. The van der Waals surface area contributed by atoms with E-state index in [1.54, 1.807) is 17.4 Å². The predicted octanol–water partition coefficient (Wildman–Crippen LogP) is 2.93. The first-order chi connectivity index (χ1) is 11.4. The number of amides is 1. The fourth-order valence-corrected chi connectivity index (χ4v) is 2.72. The molecule has 1 aliphatic heterocycles. The quantitative estimate of drug-likeness (QED) is 0.850. The Hall–Kier alpha value is -2.50. The molecule has 6 nitrogen and oxygen atoms in total. The number of benzene rings is 1. The summed E-state index contributed by atoms with van der Waals surface area (Å²) in [5, 5.41) is 0. The number of hydrogen-bond donors (Lipinski definition) is 0. The Kier molecular flexibility index (Phi) is 4.46. The molecule has 0 bridgehead atoms. The van der Waals surface area contributed by atoms with Crippen molar-refractivity contribution < 1.29 is 9.53 Å². The van der Waals surface area contributed by atoms with Crippen LogP contribution in [0, 0.1) is 0 Å². The summed E-state index contributed by atoms with van der Waals surface area (Å²) in [6, 6.07) is 8.38. The highest BCUT2D eigenvalue weighted by Crippen LogP contribution is 2.20. The Labute approximate surface area is 142 Å². The first kappa shape index (κ1) is 16.4. The van der Waals surface area contributed by atoms with Gasteiger partial charge >= 0.3 is 6.09 Å². The zero-order valence-corrected chi connectivity index (χ0v) is 14.5. The third-order valence-electron chi connectivity index (χ3n) is 3.95. The van der Waals surface area contributed by atoms with Crippen LogP contribution in [-0.4, -0.2) is 52.3 Å². The van der Waals surface area contributed by atoms with E-state index in [2.05, 4.69) is 34.1 Å². The van der Waals surface area contributed by atoms with Gasteiger partial charge in [-0.25, -0.2) is 9.78 Å². The second kappa shape index (κ2) is 6.55. The molecule has 0 atom stereocenters. The lowest BCUT2D eigenvalue weighted by Gasteiger charge is -2.36. The SMILES string of the molecule is CC(C)(C)OC(=O)N1CCN(c2ccc(-n3ccnc3)cc2)CC1. The summed E-state index contributed by atoms with van der Waals surface area (Å²) >= 11 is 0. The minimum Gasteiger partial charge on any atom is -0.444 e. The Morgan fingerprint density at radius 3 is 2.21 bits per heavy atom.